The van der Waals surface area contributed by atoms with Crippen LogP contribution in [-0.4, -0.2) is 43.5 Å². The van der Waals surface area contributed by atoms with Crippen LogP contribution in [0.3, 0.4) is 0 Å². The van der Waals surface area contributed by atoms with Crippen molar-refractivity contribution >= 4 is 11.7 Å². The molecule has 0 fully saturated rings. The molecular formula is C13H21N3O. The highest BCUT2D eigenvalue weighted by atomic mass is 16.2. The molecule has 1 aromatic heterocycles. The number of carbonyl (C=O) groups excluding carboxylic acids is 1. The number of pyridine rings is 1. The van der Waals surface area contributed by atoms with Crippen LogP contribution in [-0.2, 0) is 4.79 Å². The zero-order chi connectivity index (χ0) is 13.0. The van der Waals surface area contributed by atoms with E-state index in [2.05, 4.69) is 18.8 Å². The molecule has 0 aliphatic rings. The monoisotopic (exact) mass is 235 g/mol. The van der Waals surface area contributed by atoms with Crippen LogP contribution in [0.1, 0.15) is 25.3 Å². The van der Waals surface area contributed by atoms with Crippen molar-refractivity contribution in [3.63, 3.8) is 0 Å². The van der Waals surface area contributed by atoms with Gasteiger partial charge >= 0.3 is 0 Å². The Bertz CT molecular complexity index is 388. The second-order valence-corrected chi connectivity index (χ2v) is 4.75. The number of carbonyl (C=O) groups is 1. The first-order chi connectivity index (χ1) is 7.91. The summed E-state index contributed by atoms with van der Waals surface area (Å²) in [5.74, 6) is 1.38. The van der Waals surface area contributed by atoms with Gasteiger partial charge in [0.05, 0.1) is 6.54 Å². The van der Waals surface area contributed by atoms with Crippen LogP contribution < -0.4 is 4.90 Å². The third kappa shape index (κ3) is 3.73. The van der Waals surface area contributed by atoms with E-state index in [1.807, 2.05) is 24.1 Å². The average Bonchev–Trinajstić information content (AvgIpc) is 2.28. The Morgan fingerprint density at radius 2 is 2.00 bits per heavy atom. The third-order valence-corrected chi connectivity index (χ3v) is 2.70. The van der Waals surface area contributed by atoms with Gasteiger partial charge in [0.1, 0.15) is 5.82 Å². The minimum atomic E-state index is 0.0734. The van der Waals surface area contributed by atoms with Crippen molar-refractivity contribution in [2.75, 3.05) is 32.6 Å². The minimum absolute atomic E-state index is 0.0734. The van der Waals surface area contributed by atoms with Crippen molar-refractivity contribution in [1.82, 2.24) is 9.88 Å². The van der Waals surface area contributed by atoms with Gasteiger partial charge in [-0.15, -0.1) is 0 Å². The third-order valence-electron chi connectivity index (χ3n) is 2.70. The van der Waals surface area contributed by atoms with Crippen LogP contribution >= 0.6 is 0 Å². The van der Waals surface area contributed by atoms with E-state index in [4.69, 9.17) is 0 Å². The zero-order valence-electron chi connectivity index (χ0n) is 11.3. The van der Waals surface area contributed by atoms with Crippen molar-refractivity contribution in [3.8, 4) is 0 Å². The molecule has 1 aromatic rings. The van der Waals surface area contributed by atoms with Crippen LogP contribution in [0.15, 0.2) is 18.3 Å². The van der Waals surface area contributed by atoms with E-state index in [0.717, 1.165) is 5.82 Å². The summed E-state index contributed by atoms with van der Waals surface area (Å²) in [7, 11) is 5.40. The van der Waals surface area contributed by atoms with Crippen molar-refractivity contribution < 1.29 is 4.79 Å². The number of hydrogen-bond acceptors (Lipinski definition) is 3. The summed E-state index contributed by atoms with van der Waals surface area (Å²) < 4.78 is 0. The molecular weight excluding hydrogens is 214 g/mol. The molecule has 94 valence electrons. The summed E-state index contributed by atoms with van der Waals surface area (Å²) in [5.41, 5.74) is 1.24. The van der Waals surface area contributed by atoms with Gasteiger partial charge in [-0.25, -0.2) is 4.98 Å². The van der Waals surface area contributed by atoms with Gasteiger partial charge in [0.2, 0.25) is 5.91 Å². The first-order valence-corrected chi connectivity index (χ1v) is 5.79. The van der Waals surface area contributed by atoms with Gasteiger partial charge in [0.15, 0.2) is 0 Å². The maximum Gasteiger partial charge on any atom is 0.241 e. The molecule has 0 atom stereocenters. The molecule has 0 radical (unpaired) electrons. The minimum Gasteiger partial charge on any atom is -0.350 e. The van der Waals surface area contributed by atoms with Gasteiger partial charge in [-0.2, -0.15) is 0 Å². The Labute approximate surface area is 103 Å². The number of rotatable bonds is 4. The highest BCUT2D eigenvalue weighted by molar-refractivity contribution is 5.80. The predicted octanol–water partition coefficient (Wildman–Crippen LogP) is 1.73. The van der Waals surface area contributed by atoms with Crippen LogP contribution in [0, 0.1) is 0 Å². The Hall–Kier alpha value is -1.58. The van der Waals surface area contributed by atoms with E-state index in [9.17, 15) is 4.79 Å². The van der Waals surface area contributed by atoms with E-state index >= 15 is 0 Å². The lowest BCUT2D eigenvalue weighted by Crippen LogP contribution is -2.34. The maximum atomic E-state index is 11.6. The standard InChI is InChI=1S/C13H21N3O/c1-10(2)11-6-7-14-12(8-11)16(5)9-13(17)15(3)4/h6-8,10H,9H2,1-5H3. The molecule has 0 bridgehead atoms. The average molecular weight is 235 g/mol. The van der Waals surface area contributed by atoms with Gasteiger partial charge in [-0.3, -0.25) is 4.79 Å². The van der Waals surface area contributed by atoms with Crippen LogP contribution in [0.5, 0.6) is 0 Å². The van der Waals surface area contributed by atoms with Gasteiger partial charge in [0.25, 0.3) is 0 Å². The molecule has 1 rings (SSSR count). The summed E-state index contributed by atoms with van der Waals surface area (Å²) in [4.78, 5) is 19.3. The molecule has 4 nitrogen and oxygen atoms in total. The SMILES string of the molecule is CC(C)c1ccnc(N(C)CC(=O)N(C)C)c1. The molecule has 1 amide bonds. The first-order valence-electron chi connectivity index (χ1n) is 5.79. The van der Waals surface area contributed by atoms with Gasteiger partial charge in [-0.1, -0.05) is 13.8 Å². The summed E-state index contributed by atoms with van der Waals surface area (Å²) in [6.45, 7) is 4.63. The maximum absolute atomic E-state index is 11.6. The number of hydrogen-bond donors (Lipinski definition) is 0. The zero-order valence-corrected chi connectivity index (χ0v) is 11.3. The quantitative estimate of drug-likeness (QED) is 0.797. The van der Waals surface area contributed by atoms with Crippen LogP contribution in [0.4, 0.5) is 5.82 Å². The molecule has 0 unspecified atom stereocenters. The highest BCUT2D eigenvalue weighted by Crippen LogP contribution is 2.18. The molecule has 1 heterocycles. The number of aromatic nitrogens is 1. The van der Waals surface area contributed by atoms with E-state index in [0.29, 0.717) is 12.5 Å². The lowest BCUT2D eigenvalue weighted by molar-refractivity contribution is -0.127. The van der Waals surface area contributed by atoms with Crippen molar-refractivity contribution in [2.24, 2.45) is 0 Å². The Kier molecular flexibility index (Phi) is 4.49. The molecule has 0 aromatic carbocycles. The van der Waals surface area contributed by atoms with Crippen LogP contribution in [0.25, 0.3) is 0 Å². The van der Waals surface area contributed by atoms with Crippen molar-refractivity contribution in [1.29, 1.82) is 0 Å². The predicted molar refractivity (Wildman–Crippen MR) is 70.3 cm³/mol. The smallest absolute Gasteiger partial charge is 0.241 e. The van der Waals surface area contributed by atoms with Gasteiger partial charge in [0, 0.05) is 27.3 Å². The second kappa shape index (κ2) is 5.66. The molecule has 17 heavy (non-hydrogen) atoms. The van der Waals surface area contributed by atoms with Crippen molar-refractivity contribution in [3.05, 3.63) is 23.9 Å². The number of likely N-dealkylation sites (N-methyl/N-ethyl adjacent to an activating group) is 2. The fourth-order valence-electron chi connectivity index (χ4n) is 1.43. The second-order valence-electron chi connectivity index (χ2n) is 4.75. The number of amides is 1. The number of anilines is 1. The Morgan fingerprint density at radius 1 is 1.35 bits per heavy atom. The topological polar surface area (TPSA) is 36.4 Å². The molecule has 4 heteroatoms. The highest BCUT2D eigenvalue weighted by Gasteiger charge is 2.11. The molecule has 0 spiro atoms. The lowest BCUT2D eigenvalue weighted by atomic mass is 10.1. The molecule has 0 aliphatic carbocycles. The molecule has 0 saturated carbocycles. The van der Waals surface area contributed by atoms with Gasteiger partial charge in [-0.05, 0) is 23.6 Å². The molecule has 0 aliphatic heterocycles. The van der Waals surface area contributed by atoms with Gasteiger partial charge < -0.3 is 9.80 Å². The Morgan fingerprint density at radius 3 is 2.53 bits per heavy atom. The summed E-state index contributed by atoms with van der Waals surface area (Å²) in [5, 5.41) is 0. The first kappa shape index (κ1) is 13.5. The fourth-order valence-corrected chi connectivity index (χ4v) is 1.43. The van der Waals surface area contributed by atoms with Crippen LogP contribution in [0.2, 0.25) is 0 Å². The normalized spacial score (nSPS) is 10.5. The number of nitrogens with zero attached hydrogens (tertiary/aromatic N) is 3. The van der Waals surface area contributed by atoms with E-state index in [1.165, 1.54) is 5.56 Å². The Balaban J connectivity index is 2.78. The van der Waals surface area contributed by atoms with E-state index < -0.39 is 0 Å². The molecule has 0 saturated heterocycles. The largest absolute Gasteiger partial charge is 0.350 e. The fraction of sp³-hybridized carbons (Fsp3) is 0.538. The van der Waals surface area contributed by atoms with E-state index in [-0.39, 0.29) is 5.91 Å². The summed E-state index contributed by atoms with van der Waals surface area (Å²) >= 11 is 0. The van der Waals surface area contributed by atoms with E-state index in [1.54, 1.807) is 25.2 Å². The summed E-state index contributed by atoms with van der Waals surface area (Å²) in [6.07, 6.45) is 1.79. The summed E-state index contributed by atoms with van der Waals surface area (Å²) in [6, 6.07) is 4.05. The van der Waals surface area contributed by atoms with Crippen molar-refractivity contribution in [2.45, 2.75) is 19.8 Å². The lowest BCUT2D eigenvalue weighted by Gasteiger charge is -2.20. The molecule has 0 N–H and O–H groups in total.